The lowest BCUT2D eigenvalue weighted by Gasteiger charge is -2.41. The van der Waals surface area contributed by atoms with Crippen molar-refractivity contribution in [2.24, 2.45) is 5.92 Å². The van der Waals surface area contributed by atoms with Gasteiger partial charge in [-0.1, -0.05) is 37.6 Å². The summed E-state index contributed by atoms with van der Waals surface area (Å²) < 4.78 is 0. The first-order valence-electron chi connectivity index (χ1n) is 6.02. The van der Waals surface area contributed by atoms with E-state index in [9.17, 15) is 9.59 Å². The highest BCUT2D eigenvalue weighted by Crippen LogP contribution is 2.35. The normalized spacial score (nSPS) is 31.6. The fourth-order valence-electron chi connectivity index (χ4n) is 2.58. The van der Waals surface area contributed by atoms with E-state index in [1.807, 2.05) is 25.2 Å². The Labute approximate surface area is 101 Å². The molecule has 0 fully saturated rings. The van der Waals surface area contributed by atoms with E-state index in [0.717, 1.165) is 12.8 Å². The minimum atomic E-state index is -0.525. The number of imide groups is 1. The topological polar surface area (TPSA) is 37.4 Å². The van der Waals surface area contributed by atoms with Gasteiger partial charge in [0.2, 0.25) is 0 Å². The zero-order valence-electron chi connectivity index (χ0n) is 10.2. The highest BCUT2D eigenvalue weighted by atomic mass is 16.2. The molecule has 0 spiro atoms. The zero-order chi connectivity index (χ0) is 12.5. The van der Waals surface area contributed by atoms with Gasteiger partial charge in [-0.05, 0) is 13.3 Å². The molecule has 2 rings (SSSR count). The first-order valence-corrected chi connectivity index (χ1v) is 6.02. The molecule has 0 bridgehead atoms. The van der Waals surface area contributed by atoms with Gasteiger partial charge in [0.05, 0.1) is 5.54 Å². The Morgan fingerprint density at radius 1 is 1.24 bits per heavy atom. The van der Waals surface area contributed by atoms with E-state index < -0.39 is 5.54 Å². The Morgan fingerprint density at radius 2 is 1.88 bits per heavy atom. The molecule has 0 saturated heterocycles. The van der Waals surface area contributed by atoms with Gasteiger partial charge in [0.1, 0.15) is 0 Å². The molecule has 3 nitrogen and oxygen atoms in total. The van der Waals surface area contributed by atoms with Crippen molar-refractivity contribution in [3.05, 3.63) is 36.5 Å². The molecule has 17 heavy (non-hydrogen) atoms. The van der Waals surface area contributed by atoms with Gasteiger partial charge in [-0.15, -0.1) is 0 Å². The summed E-state index contributed by atoms with van der Waals surface area (Å²) in [6, 6.07) is 0. The minimum Gasteiger partial charge on any atom is -0.269 e. The summed E-state index contributed by atoms with van der Waals surface area (Å²) in [6.07, 6.45) is 12.6. The van der Waals surface area contributed by atoms with Crippen LogP contribution >= 0.6 is 0 Å². The third kappa shape index (κ3) is 1.86. The van der Waals surface area contributed by atoms with Crippen molar-refractivity contribution < 1.29 is 9.59 Å². The minimum absolute atomic E-state index is 0.199. The van der Waals surface area contributed by atoms with Crippen LogP contribution in [-0.4, -0.2) is 22.3 Å². The van der Waals surface area contributed by atoms with Crippen molar-refractivity contribution >= 4 is 11.8 Å². The lowest BCUT2D eigenvalue weighted by molar-refractivity contribution is -0.143. The van der Waals surface area contributed by atoms with Gasteiger partial charge < -0.3 is 0 Å². The predicted octanol–water partition coefficient (Wildman–Crippen LogP) is 2.21. The van der Waals surface area contributed by atoms with Crippen molar-refractivity contribution in [1.82, 2.24) is 4.90 Å². The zero-order valence-corrected chi connectivity index (χ0v) is 10.2. The number of carbonyl (C=O) groups is 2. The van der Waals surface area contributed by atoms with Crippen molar-refractivity contribution in [2.45, 2.75) is 32.2 Å². The molecule has 1 aliphatic heterocycles. The molecule has 3 heteroatoms. The fourth-order valence-corrected chi connectivity index (χ4v) is 2.58. The molecule has 2 amide bonds. The maximum atomic E-state index is 11.8. The third-order valence-corrected chi connectivity index (χ3v) is 3.53. The molecule has 0 aromatic rings. The van der Waals surface area contributed by atoms with Gasteiger partial charge in [-0.3, -0.25) is 14.5 Å². The van der Waals surface area contributed by atoms with Crippen molar-refractivity contribution in [1.29, 1.82) is 0 Å². The van der Waals surface area contributed by atoms with Crippen LogP contribution in [0.1, 0.15) is 26.7 Å². The summed E-state index contributed by atoms with van der Waals surface area (Å²) in [5.74, 6) is -0.220. The number of hydrogen-bond donors (Lipinski definition) is 0. The van der Waals surface area contributed by atoms with Crippen LogP contribution in [0.3, 0.4) is 0 Å². The Kier molecular flexibility index (Phi) is 3.01. The maximum Gasteiger partial charge on any atom is 0.254 e. The molecule has 2 unspecified atom stereocenters. The van der Waals surface area contributed by atoms with Crippen LogP contribution in [0.15, 0.2) is 36.5 Å². The molecule has 0 radical (unpaired) electrons. The van der Waals surface area contributed by atoms with Crippen LogP contribution in [0.25, 0.3) is 0 Å². The fraction of sp³-hybridized carbons (Fsp3) is 0.429. The second-order valence-electron chi connectivity index (χ2n) is 4.71. The summed E-state index contributed by atoms with van der Waals surface area (Å²) in [6.45, 7) is 4.06. The number of carbonyl (C=O) groups excluding carboxylic acids is 2. The van der Waals surface area contributed by atoms with Gasteiger partial charge in [0.25, 0.3) is 11.8 Å². The van der Waals surface area contributed by atoms with Crippen LogP contribution in [-0.2, 0) is 9.59 Å². The molecule has 2 atom stereocenters. The van der Waals surface area contributed by atoms with E-state index in [1.165, 1.54) is 17.1 Å². The molecule has 0 aromatic carbocycles. The van der Waals surface area contributed by atoms with Crippen molar-refractivity contribution in [3.8, 4) is 0 Å². The number of allylic oxidation sites excluding steroid dienone is 2. The molecule has 0 N–H and O–H groups in total. The molecule has 1 aliphatic carbocycles. The van der Waals surface area contributed by atoms with Crippen LogP contribution < -0.4 is 0 Å². The Balaban J connectivity index is 2.33. The third-order valence-electron chi connectivity index (χ3n) is 3.53. The van der Waals surface area contributed by atoms with Crippen LogP contribution in [0, 0.1) is 5.92 Å². The second-order valence-corrected chi connectivity index (χ2v) is 4.71. The number of rotatable bonds is 3. The molecule has 0 saturated carbocycles. The van der Waals surface area contributed by atoms with Crippen LogP contribution in [0.4, 0.5) is 0 Å². The smallest absolute Gasteiger partial charge is 0.254 e. The maximum absolute atomic E-state index is 11.8. The molecular weight excluding hydrogens is 214 g/mol. The van der Waals surface area contributed by atoms with Gasteiger partial charge >= 0.3 is 0 Å². The highest BCUT2D eigenvalue weighted by Gasteiger charge is 2.43. The average Bonchev–Trinajstić information content (AvgIpc) is 2.63. The van der Waals surface area contributed by atoms with E-state index in [4.69, 9.17) is 0 Å². The Bertz CT molecular complexity index is 416. The van der Waals surface area contributed by atoms with E-state index in [2.05, 4.69) is 13.0 Å². The Morgan fingerprint density at radius 3 is 2.47 bits per heavy atom. The predicted molar refractivity (Wildman–Crippen MR) is 66.1 cm³/mol. The molecule has 2 aliphatic rings. The number of nitrogens with zero attached hydrogens (tertiary/aromatic N) is 1. The van der Waals surface area contributed by atoms with Crippen LogP contribution in [0.5, 0.6) is 0 Å². The quantitative estimate of drug-likeness (QED) is 0.698. The standard InChI is InChI=1S/C14H17NO2/c1-3-6-11-7-4-5-10-14(11,2)15-12(16)8-9-13(15)17/h4-5,7-11H,3,6H2,1-2H3. The number of amides is 2. The van der Waals surface area contributed by atoms with Crippen molar-refractivity contribution in [3.63, 3.8) is 0 Å². The summed E-state index contributed by atoms with van der Waals surface area (Å²) in [5, 5.41) is 0. The lowest BCUT2D eigenvalue weighted by Crippen LogP contribution is -2.53. The second kappa shape index (κ2) is 4.32. The first-order chi connectivity index (χ1) is 8.09. The van der Waals surface area contributed by atoms with Gasteiger partial charge in [0, 0.05) is 18.1 Å². The van der Waals surface area contributed by atoms with E-state index in [-0.39, 0.29) is 17.7 Å². The summed E-state index contributed by atoms with van der Waals surface area (Å²) in [5.41, 5.74) is -0.525. The summed E-state index contributed by atoms with van der Waals surface area (Å²) in [4.78, 5) is 25.0. The monoisotopic (exact) mass is 231 g/mol. The largest absolute Gasteiger partial charge is 0.269 e. The van der Waals surface area contributed by atoms with E-state index in [1.54, 1.807) is 0 Å². The van der Waals surface area contributed by atoms with E-state index >= 15 is 0 Å². The molecule has 90 valence electrons. The molecule has 1 heterocycles. The average molecular weight is 231 g/mol. The van der Waals surface area contributed by atoms with Crippen LogP contribution in [0.2, 0.25) is 0 Å². The van der Waals surface area contributed by atoms with Crippen molar-refractivity contribution in [2.75, 3.05) is 0 Å². The highest BCUT2D eigenvalue weighted by molar-refractivity contribution is 6.13. The first kappa shape index (κ1) is 11.8. The van der Waals surface area contributed by atoms with E-state index in [0.29, 0.717) is 0 Å². The summed E-state index contributed by atoms with van der Waals surface area (Å²) >= 11 is 0. The molecular formula is C14H17NO2. The lowest BCUT2D eigenvalue weighted by atomic mass is 9.78. The van der Waals surface area contributed by atoms with Gasteiger partial charge in [-0.2, -0.15) is 0 Å². The number of hydrogen-bond acceptors (Lipinski definition) is 2. The van der Waals surface area contributed by atoms with Gasteiger partial charge in [-0.25, -0.2) is 0 Å². The Hall–Kier alpha value is -1.64. The summed E-state index contributed by atoms with van der Waals surface area (Å²) in [7, 11) is 0. The van der Waals surface area contributed by atoms with Gasteiger partial charge in [0.15, 0.2) is 0 Å². The SMILES string of the molecule is CCCC1C=CC=CC1(C)N1C(=O)C=CC1=O. The molecule has 0 aromatic heterocycles.